The first kappa shape index (κ1) is 12.0. The Morgan fingerprint density at radius 2 is 2.05 bits per heavy atom. The van der Waals surface area contributed by atoms with Crippen LogP contribution in [0.15, 0.2) is 24.4 Å². The van der Waals surface area contributed by atoms with E-state index in [4.69, 9.17) is 15.2 Å². The van der Waals surface area contributed by atoms with E-state index in [1.54, 1.807) is 4.68 Å². The van der Waals surface area contributed by atoms with Gasteiger partial charge in [0, 0.05) is 18.5 Å². The molecule has 1 aromatic carbocycles. The number of rotatable bonds is 3. The van der Waals surface area contributed by atoms with Gasteiger partial charge >= 0.3 is 0 Å². The second-order valence-electron chi connectivity index (χ2n) is 4.37. The van der Waals surface area contributed by atoms with Crippen LogP contribution in [0.2, 0.25) is 0 Å². The summed E-state index contributed by atoms with van der Waals surface area (Å²) in [6.07, 6.45) is 2.78. The van der Waals surface area contributed by atoms with Crippen molar-refractivity contribution in [3.8, 4) is 22.8 Å². The Hall–Kier alpha value is -2.08. The van der Waals surface area contributed by atoms with Gasteiger partial charge in [0.05, 0.1) is 26.0 Å². The summed E-state index contributed by atoms with van der Waals surface area (Å²) in [6.45, 7) is 2.58. The first-order chi connectivity index (χ1) is 9.36. The lowest BCUT2D eigenvalue weighted by molar-refractivity contribution is 0.297. The molecule has 19 heavy (non-hydrogen) atoms. The maximum atomic E-state index is 5.66. The number of hydrogen-bond donors (Lipinski definition) is 1. The molecule has 3 rings (SSSR count). The molecule has 2 aromatic rings. The summed E-state index contributed by atoms with van der Waals surface area (Å²) in [6, 6.07) is 5.82. The second-order valence-corrected chi connectivity index (χ2v) is 4.37. The van der Waals surface area contributed by atoms with Gasteiger partial charge in [-0.15, -0.1) is 5.10 Å². The second kappa shape index (κ2) is 5.27. The lowest BCUT2D eigenvalue weighted by Crippen LogP contribution is -2.10. The summed E-state index contributed by atoms with van der Waals surface area (Å²) in [5, 5.41) is 8.17. The van der Waals surface area contributed by atoms with Crippen molar-refractivity contribution in [2.45, 2.75) is 13.0 Å². The fourth-order valence-electron chi connectivity index (χ4n) is 1.99. The summed E-state index contributed by atoms with van der Waals surface area (Å²) in [5.74, 6) is 1.55. The molecule has 0 bridgehead atoms. The van der Waals surface area contributed by atoms with Gasteiger partial charge in [-0.2, -0.15) is 0 Å². The molecule has 1 aromatic heterocycles. The number of nitrogens with zero attached hydrogens (tertiary/aromatic N) is 3. The highest BCUT2D eigenvalue weighted by molar-refractivity contribution is 5.63. The van der Waals surface area contributed by atoms with Crippen molar-refractivity contribution in [1.82, 2.24) is 15.0 Å². The highest BCUT2D eigenvalue weighted by atomic mass is 16.5. The SMILES string of the molecule is NCCn1cc(-c2ccc3c(c2)OCCCO3)nn1. The Morgan fingerprint density at radius 3 is 2.89 bits per heavy atom. The van der Waals surface area contributed by atoms with Crippen LogP contribution in [0.5, 0.6) is 11.5 Å². The van der Waals surface area contributed by atoms with E-state index in [1.165, 1.54) is 0 Å². The molecule has 0 atom stereocenters. The van der Waals surface area contributed by atoms with Crippen LogP contribution in [0.1, 0.15) is 6.42 Å². The van der Waals surface area contributed by atoms with E-state index in [-0.39, 0.29) is 0 Å². The van der Waals surface area contributed by atoms with Gasteiger partial charge in [0.15, 0.2) is 11.5 Å². The molecule has 2 N–H and O–H groups in total. The average Bonchev–Trinajstić information content (AvgIpc) is 2.76. The number of benzene rings is 1. The third-order valence-electron chi connectivity index (χ3n) is 2.94. The van der Waals surface area contributed by atoms with Crippen molar-refractivity contribution in [2.75, 3.05) is 19.8 Å². The van der Waals surface area contributed by atoms with Gasteiger partial charge in [0.25, 0.3) is 0 Å². The molecule has 0 unspecified atom stereocenters. The van der Waals surface area contributed by atoms with Gasteiger partial charge in [0.1, 0.15) is 5.69 Å². The third kappa shape index (κ3) is 2.53. The van der Waals surface area contributed by atoms with Crippen LogP contribution in [0.25, 0.3) is 11.3 Å². The highest BCUT2D eigenvalue weighted by Crippen LogP contribution is 2.33. The van der Waals surface area contributed by atoms with E-state index in [2.05, 4.69) is 10.3 Å². The van der Waals surface area contributed by atoms with Crippen LogP contribution < -0.4 is 15.2 Å². The minimum Gasteiger partial charge on any atom is -0.490 e. The number of fused-ring (bicyclic) bond motifs is 1. The molecular weight excluding hydrogens is 244 g/mol. The summed E-state index contributed by atoms with van der Waals surface area (Å²) < 4.78 is 13.0. The number of nitrogens with two attached hydrogens (primary N) is 1. The zero-order valence-corrected chi connectivity index (χ0v) is 10.6. The zero-order valence-electron chi connectivity index (χ0n) is 10.6. The quantitative estimate of drug-likeness (QED) is 0.893. The Balaban J connectivity index is 1.89. The zero-order chi connectivity index (χ0) is 13.1. The van der Waals surface area contributed by atoms with Gasteiger partial charge in [-0.25, -0.2) is 0 Å². The fourth-order valence-corrected chi connectivity index (χ4v) is 1.99. The maximum Gasteiger partial charge on any atom is 0.161 e. The maximum absolute atomic E-state index is 5.66. The standard InChI is InChI=1S/C13H16N4O2/c14-4-5-17-9-11(15-16-17)10-2-3-12-13(8-10)19-7-1-6-18-12/h2-3,8-9H,1,4-7,14H2. The van der Waals surface area contributed by atoms with E-state index >= 15 is 0 Å². The van der Waals surface area contributed by atoms with E-state index in [1.807, 2.05) is 24.4 Å². The van der Waals surface area contributed by atoms with Gasteiger partial charge in [-0.3, -0.25) is 4.68 Å². The molecule has 6 heteroatoms. The Labute approximate surface area is 111 Å². The van der Waals surface area contributed by atoms with Crippen molar-refractivity contribution in [2.24, 2.45) is 5.73 Å². The minimum absolute atomic E-state index is 0.546. The summed E-state index contributed by atoms with van der Waals surface area (Å²) >= 11 is 0. The minimum atomic E-state index is 0.546. The van der Waals surface area contributed by atoms with Crippen molar-refractivity contribution < 1.29 is 9.47 Å². The molecule has 0 saturated carbocycles. The molecule has 0 spiro atoms. The first-order valence-corrected chi connectivity index (χ1v) is 6.37. The molecule has 0 amide bonds. The summed E-state index contributed by atoms with van der Waals surface area (Å²) in [4.78, 5) is 0. The van der Waals surface area contributed by atoms with Crippen molar-refractivity contribution in [3.63, 3.8) is 0 Å². The normalized spacial score (nSPS) is 14.2. The molecule has 1 aliphatic rings. The molecular formula is C13H16N4O2. The summed E-state index contributed by atoms with van der Waals surface area (Å²) in [5.41, 5.74) is 7.27. The Morgan fingerprint density at radius 1 is 1.21 bits per heavy atom. The Bertz CT molecular complexity index is 568. The van der Waals surface area contributed by atoms with E-state index < -0.39 is 0 Å². The van der Waals surface area contributed by atoms with Crippen molar-refractivity contribution in [3.05, 3.63) is 24.4 Å². The average molecular weight is 260 g/mol. The molecule has 0 saturated heterocycles. The number of ether oxygens (including phenoxy) is 2. The predicted molar refractivity (Wildman–Crippen MR) is 70.1 cm³/mol. The smallest absolute Gasteiger partial charge is 0.161 e. The molecule has 100 valence electrons. The lowest BCUT2D eigenvalue weighted by Gasteiger charge is -2.07. The third-order valence-corrected chi connectivity index (χ3v) is 2.94. The van der Waals surface area contributed by atoms with E-state index in [0.29, 0.717) is 26.3 Å². The molecule has 0 aliphatic carbocycles. The van der Waals surface area contributed by atoms with Crippen LogP contribution in [0.3, 0.4) is 0 Å². The largest absolute Gasteiger partial charge is 0.490 e. The fraction of sp³-hybridized carbons (Fsp3) is 0.385. The van der Waals surface area contributed by atoms with Gasteiger partial charge < -0.3 is 15.2 Å². The van der Waals surface area contributed by atoms with Crippen LogP contribution in [-0.2, 0) is 6.54 Å². The molecule has 1 aliphatic heterocycles. The highest BCUT2D eigenvalue weighted by Gasteiger charge is 2.12. The van der Waals surface area contributed by atoms with Crippen LogP contribution in [-0.4, -0.2) is 34.8 Å². The number of aromatic nitrogens is 3. The predicted octanol–water partition coefficient (Wildman–Crippen LogP) is 1.07. The van der Waals surface area contributed by atoms with Gasteiger partial charge in [-0.1, -0.05) is 5.21 Å². The molecule has 0 radical (unpaired) electrons. The molecule has 6 nitrogen and oxygen atoms in total. The monoisotopic (exact) mass is 260 g/mol. The topological polar surface area (TPSA) is 75.2 Å². The molecule has 2 heterocycles. The van der Waals surface area contributed by atoms with E-state index in [9.17, 15) is 0 Å². The van der Waals surface area contributed by atoms with Crippen molar-refractivity contribution in [1.29, 1.82) is 0 Å². The van der Waals surface area contributed by atoms with E-state index in [0.717, 1.165) is 29.2 Å². The van der Waals surface area contributed by atoms with Gasteiger partial charge in [-0.05, 0) is 18.2 Å². The summed E-state index contributed by atoms with van der Waals surface area (Å²) in [7, 11) is 0. The van der Waals surface area contributed by atoms with Crippen LogP contribution in [0.4, 0.5) is 0 Å². The van der Waals surface area contributed by atoms with Crippen LogP contribution >= 0.6 is 0 Å². The van der Waals surface area contributed by atoms with Gasteiger partial charge in [0.2, 0.25) is 0 Å². The first-order valence-electron chi connectivity index (χ1n) is 6.37. The lowest BCUT2D eigenvalue weighted by atomic mass is 10.1. The van der Waals surface area contributed by atoms with Crippen LogP contribution in [0, 0.1) is 0 Å². The Kier molecular flexibility index (Phi) is 3.33. The number of hydrogen-bond acceptors (Lipinski definition) is 5. The van der Waals surface area contributed by atoms with Crippen molar-refractivity contribution >= 4 is 0 Å². The molecule has 0 fully saturated rings.